The second-order valence-electron chi connectivity index (χ2n) is 9.03. The Hall–Kier alpha value is -2.67. The minimum Gasteiger partial charge on any atom is -0.460 e. The third-order valence-corrected chi connectivity index (χ3v) is 5.12. The highest BCUT2D eigenvalue weighted by Crippen LogP contribution is 2.46. The molecule has 1 N–H and O–H groups in total. The van der Waals surface area contributed by atoms with Crippen molar-refractivity contribution in [2.75, 3.05) is 6.61 Å². The molecule has 1 aromatic heterocycles. The van der Waals surface area contributed by atoms with Crippen LogP contribution in [0.2, 0.25) is 0 Å². The van der Waals surface area contributed by atoms with Crippen LogP contribution in [0, 0.1) is 0 Å². The van der Waals surface area contributed by atoms with E-state index in [0.29, 0.717) is 24.9 Å². The molecule has 1 fully saturated rings. The number of rotatable bonds is 11. The van der Waals surface area contributed by atoms with Gasteiger partial charge in [0.05, 0.1) is 18.7 Å². The first-order chi connectivity index (χ1) is 14.9. The summed E-state index contributed by atoms with van der Waals surface area (Å²) >= 11 is 0. The molecular weight excluding hydrogens is 396 g/mol. The molecular formula is C24H32N2O5. The van der Waals surface area contributed by atoms with E-state index in [1.54, 1.807) is 0 Å². The van der Waals surface area contributed by atoms with Gasteiger partial charge in [0, 0.05) is 18.1 Å². The fraction of sp³-hybridized carbons (Fsp3) is 0.542. The standard InChI is InChI=1S/C24H32N2O5/c1-24(2,3)30-21(27)14-19(10-7-13-29-16-17-8-5-4-6-9-17)23-22(18-11-12-18)20(15-25-28)31-26-23/h4-6,8-9,15,18-19,28H,7,10-14,16H2,1-3H3/t19-/m0/s1. The number of benzene rings is 1. The van der Waals surface area contributed by atoms with Crippen LogP contribution in [0.25, 0.3) is 0 Å². The van der Waals surface area contributed by atoms with Gasteiger partial charge >= 0.3 is 5.97 Å². The van der Waals surface area contributed by atoms with Crippen molar-refractivity contribution in [1.82, 2.24) is 5.16 Å². The van der Waals surface area contributed by atoms with Crippen molar-refractivity contribution in [1.29, 1.82) is 0 Å². The van der Waals surface area contributed by atoms with Gasteiger partial charge in [-0.2, -0.15) is 0 Å². The summed E-state index contributed by atoms with van der Waals surface area (Å²) in [5, 5.41) is 16.3. The molecule has 7 nitrogen and oxygen atoms in total. The van der Waals surface area contributed by atoms with E-state index in [9.17, 15) is 4.79 Å². The van der Waals surface area contributed by atoms with Crippen LogP contribution in [0.15, 0.2) is 40.0 Å². The van der Waals surface area contributed by atoms with Gasteiger partial charge in [0.15, 0.2) is 5.76 Å². The van der Waals surface area contributed by atoms with Gasteiger partial charge < -0.3 is 19.2 Å². The molecule has 7 heteroatoms. The van der Waals surface area contributed by atoms with Crippen molar-refractivity contribution in [3.8, 4) is 0 Å². The van der Waals surface area contributed by atoms with Crippen molar-refractivity contribution in [2.24, 2.45) is 5.16 Å². The zero-order chi connectivity index (χ0) is 22.3. The number of esters is 1. The van der Waals surface area contributed by atoms with Crippen LogP contribution in [0.1, 0.15) is 87.3 Å². The van der Waals surface area contributed by atoms with Crippen molar-refractivity contribution < 1.29 is 24.0 Å². The highest BCUT2D eigenvalue weighted by atomic mass is 16.6. The number of aromatic nitrogens is 1. The van der Waals surface area contributed by atoms with Crippen LogP contribution in [0.4, 0.5) is 0 Å². The monoisotopic (exact) mass is 428 g/mol. The summed E-state index contributed by atoms with van der Waals surface area (Å²) in [4.78, 5) is 12.6. The summed E-state index contributed by atoms with van der Waals surface area (Å²) in [7, 11) is 0. The Kier molecular flexibility index (Phi) is 7.85. The molecule has 0 spiro atoms. The molecule has 0 bridgehead atoms. The number of hydrogen-bond acceptors (Lipinski definition) is 7. The lowest BCUT2D eigenvalue weighted by Crippen LogP contribution is -2.25. The molecule has 168 valence electrons. The maximum absolute atomic E-state index is 12.6. The molecule has 1 heterocycles. The summed E-state index contributed by atoms with van der Waals surface area (Å²) in [5.74, 6) is 0.402. The molecule has 0 saturated heterocycles. The maximum Gasteiger partial charge on any atom is 0.306 e. The Balaban J connectivity index is 1.66. The maximum atomic E-state index is 12.6. The minimum absolute atomic E-state index is 0.143. The van der Waals surface area contributed by atoms with E-state index >= 15 is 0 Å². The molecule has 0 unspecified atom stereocenters. The lowest BCUT2D eigenvalue weighted by Gasteiger charge is -2.22. The van der Waals surface area contributed by atoms with Gasteiger partial charge in [-0.05, 0) is 57.9 Å². The van der Waals surface area contributed by atoms with Crippen LogP contribution < -0.4 is 0 Å². The number of hydrogen-bond donors (Lipinski definition) is 1. The van der Waals surface area contributed by atoms with Crippen LogP contribution in [0.5, 0.6) is 0 Å². The van der Waals surface area contributed by atoms with Crippen LogP contribution in [-0.4, -0.2) is 34.8 Å². The van der Waals surface area contributed by atoms with E-state index in [-0.39, 0.29) is 18.3 Å². The molecule has 1 saturated carbocycles. The zero-order valence-electron chi connectivity index (χ0n) is 18.5. The number of oxime groups is 1. The second-order valence-corrected chi connectivity index (χ2v) is 9.03. The first-order valence-electron chi connectivity index (χ1n) is 10.9. The lowest BCUT2D eigenvalue weighted by molar-refractivity contribution is -0.155. The molecule has 1 aliphatic rings. The Morgan fingerprint density at radius 3 is 2.71 bits per heavy atom. The fourth-order valence-corrected chi connectivity index (χ4v) is 3.66. The Labute approximate surface area is 183 Å². The minimum atomic E-state index is -0.543. The first-order valence-corrected chi connectivity index (χ1v) is 10.9. The molecule has 1 aromatic carbocycles. The van der Waals surface area contributed by atoms with Gasteiger partial charge in [-0.1, -0.05) is 40.6 Å². The Morgan fingerprint density at radius 1 is 1.32 bits per heavy atom. The molecule has 1 atom stereocenters. The topological polar surface area (TPSA) is 94.2 Å². The quantitative estimate of drug-likeness (QED) is 0.174. The van der Waals surface area contributed by atoms with Crippen molar-refractivity contribution >= 4 is 12.2 Å². The zero-order valence-corrected chi connectivity index (χ0v) is 18.5. The summed E-state index contributed by atoms with van der Waals surface area (Å²) < 4.78 is 16.8. The number of carbonyl (C=O) groups is 1. The predicted octanol–water partition coefficient (Wildman–Crippen LogP) is 5.17. The van der Waals surface area contributed by atoms with E-state index in [4.69, 9.17) is 19.2 Å². The summed E-state index contributed by atoms with van der Waals surface area (Å²) in [6.45, 7) is 6.73. The highest BCUT2D eigenvalue weighted by Gasteiger charge is 2.35. The van der Waals surface area contributed by atoms with Crippen LogP contribution >= 0.6 is 0 Å². The van der Waals surface area contributed by atoms with Gasteiger partial charge in [0.1, 0.15) is 11.8 Å². The number of ether oxygens (including phenoxy) is 2. The van der Waals surface area contributed by atoms with Gasteiger partial charge in [-0.25, -0.2) is 0 Å². The molecule has 1 aliphatic carbocycles. The normalized spacial score (nSPS) is 15.3. The SMILES string of the molecule is CC(C)(C)OC(=O)C[C@H](CCCOCc1ccccc1)c1noc(C=NO)c1C1CC1. The van der Waals surface area contributed by atoms with Gasteiger partial charge in [0.2, 0.25) is 0 Å². The number of nitrogens with zero attached hydrogens (tertiary/aromatic N) is 2. The van der Waals surface area contributed by atoms with E-state index in [1.165, 1.54) is 6.21 Å². The van der Waals surface area contributed by atoms with E-state index in [2.05, 4.69) is 10.3 Å². The fourth-order valence-electron chi connectivity index (χ4n) is 3.66. The lowest BCUT2D eigenvalue weighted by atomic mass is 9.91. The predicted molar refractivity (Wildman–Crippen MR) is 116 cm³/mol. The van der Waals surface area contributed by atoms with E-state index in [0.717, 1.165) is 42.5 Å². The largest absolute Gasteiger partial charge is 0.460 e. The molecule has 0 aliphatic heterocycles. The smallest absolute Gasteiger partial charge is 0.306 e. The van der Waals surface area contributed by atoms with E-state index < -0.39 is 5.60 Å². The van der Waals surface area contributed by atoms with Gasteiger partial charge in [-0.15, -0.1) is 0 Å². The summed E-state index contributed by atoms with van der Waals surface area (Å²) in [6.07, 6.45) is 5.08. The first kappa shape index (κ1) is 23.0. The summed E-state index contributed by atoms with van der Waals surface area (Å²) in [6, 6.07) is 10.0. The second kappa shape index (κ2) is 10.6. The molecule has 2 aromatic rings. The van der Waals surface area contributed by atoms with Crippen molar-refractivity contribution in [3.05, 3.63) is 52.9 Å². The van der Waals surface area contributed by atoms with Crippen LogP contribution in [0.3, 0.4) is 0 Å². The average molecular weight is 429 g/mol. The average Bonchev–Trinajstić information content (AvgIpc) is 3.46. The Morgan fingerprint density at radius 2 is 2.06 bits per heavy atom. The molecule has 0 radical (unpaired) electrons. The van der Waals surface area contributed by atoms with Crippen molar-refractivity contribution in [2.45, 2.75) is 76.9 Å². The van der Waals surface area contributed by atoms with Crippen LogP contribution in [-0.2, 0) is 20.9 Å². The van der Waals surface area contributed by atoms with E-state index in [1.807, 2.05) is 51.1 Å². The third kappa shape index (κ3) is 7.21. The molecule has 3 rings (SSSR count). The molecule has 31 heavy (non-hydrogen) atoms. The van der Waals surface area contributed by atoms with Gasteiger partial charge in [-0.3, -0.25) is 4.79 Å². The number of carbonyl (C=O) groups excluding carboxylic acids is 1. The highest BCUT2D eigenvalue weighted by molar-refractivity contribution is 5.78. The molecule has 0 amide bonds. The summed E-state index contributed by atoms with van der Waals surface area (Å²) in [5.41, 5.74) is 2.31. The third-order valence-electron chi connectivity index (χ3n) is 5.12. The Bertz CT molecular complexity index is 866. The van der Waals surface area contributed by atoms with Gasteiger partial charge in [0.25, 0.3) is 0 Å². The van der Waals surface area contributed by atoms with Crippen molar-refractivity contribution in [3.63, 3.8) is 0 Å².